The topological polar surface area (TPSA) is 106 Å². The van der Waals surface area contributed by atoms with E-state index >= 15 is 0 Å². The molecular formula is C35H44F2N4O5. The Hall–Kier alpha value is -4.17. The Morgan fingerprint density at radius 3 is 2.37 bits per heavy atom. The van der Waals surface area contributed by atoms with Crippen molar-refractivity contribution >= 4 is 28.7 Å². The van der Waals surface area contributed by atoms with E-state index in [1.807, 2.05) is 52.0 Å². The fourth-order valence-corrected chi connectivity index (χ4v) is 6.32. The summed E-state index contributed by atoms with van der Waals surface area (Å²) in [4.78, 5) is 26.2. The van der Waals surface area contributed by atoms with Gasteiger partial charge in [0.2, 0.25) is 5.92 Å². The lowest BCUT2D eigenvalue weighted by Gasteiger charge is -2.51. The minimum Gasteiger partial charge on any atom is -0.496 e. The standard InChI is InChI=1S/C24H32F2N2O3.C11H12N2O2/c1-16-12-19(30-5)18(13-27-10-7-23(8-11-27)14-24(25,26)15-23)17-6-9-28(20(16)17)21(29)31-22(2,3)4;1-15-11(14)9-4-2-5-10(8-9)13-7-3-6-12/h6,9,12H,7-8,10-11,13-15H2,1-5H3;2,4-5,8,13H,3,7H2,1H3. The van der Waals surface area contributed by atoms with Gasteiger partial charge < -0.3 is 19.5 Å². The first-order chi connectivity index (χ1) is 21.7. The van der Waals surface area contributed by atoms with Crippen molar-refractivity contribution in [3.05, 3.63) is 59.3 Å². The third-order valence-electron chi connectivity index (χ3n) is 8.46. The summed E-state index contributed by atoms with van der Waals surface area (Å²) in [7, 11) is 2.99. The van der Waals surface area contributed by atoms with Gasteiger partial charge in [0, 0.05) is 48.8 Å². The Labute approximate surface area is 269 Å². The summed E-state index contributed by atoms with van der Waals surface area (Å²) in [6.07, 6.45) is 3.44. The second-order valence-electron chi connectivity index (χ2n) is 13.2. The van der Waals surface area contributed by atoms with Gasteiger partial charge in [-0.05, 0) is 94.9 Å². The number of aryl methyl sites for hydroxylation is 1. The number of halogens is 2. The number of rotatable bonds is 7. The highest BCUT2D eigenvalue weighted by atomic mass is 19.3. The molecular weight excluding hydrogens is 594 g/mol. The van der Waals surface area contributed by atoms with E-state index in [0.717, 1.165) is 59.4 Å². The van der Waals surface area contributed by atoms with E-state index in [4.69, 9.17) is 14.7 Å². The molecule has 2 aliphatic rings. The summed E-state index contributed by atoms with van der Waals surface area (Å²) < 4.78 is 44.2. The molecule has 46 heavy (non-hydrogen) atoms. The Bertz CT molecular complexity index is 1590. The number of nitrogens with zero attached hydrogens (tertiary/aromatic N) is 3. The summed E-state index contributed by atoms with van der Waals surface area (Å²) >= 11 is 0. The molecule has 248 valence electrons. The molecule has 0 amide bonds. The van der Waals surface area contributed by atoms with Crippen molar-refractivity contribution in [2.75, 3.05) is 39.2 Å². The molecule has 2 fully saturated rings. The van der Waals surface area contributed by atoms with Gasteiger partial charge in [0.1, 0.15) is 11.4 Å². The normalized spacial score (nSPS) is 16.8. The third-order valence-corrected chi connectivity index (χ3v) is 8.46. The maximum atomic E-state index is 13.4. The average Bonchev–Trinajstić information content (AvgIpc) is 3.44. The second-order valence-corrected chi connectivity index (χ2v) is 13.2. The monoisotopic (exact) mass is 638 g/mol. The minimum atomic E-state index is -2.47. The Balaban J connectivity index is 0.000000270. The van der Waals surface area contributed by atoms with Crippen LogP contribution in [0.5, 0.6) is 5.75 Å². The van der Waals surface area contributed by atoms with Gasteiger partial charge in [0.15, 0.2) is 0 Å². The van der Waals surface area contributed by atoms with Gasteiger partial charge in [-0.3, -0.25) is 9.47 Å². The van der Waals surface area contributed by atoms with Crippen LogP contribution in [-0.2, 0) is 16.0 Å². The number of fused-ring (bicyclic) bond motifs is 1. The summed E-state index contributed by atoms with van der Waals surface area (Å²) in [5, 5.41) is 12.4. The van der Waals surface area contributed by atoms with Crippen LogP contribution in [0.25, 0.3) is 10.9 Å². The number of ether oxygens (including phenoxy) is 3. The van der Waals surface area contributed by atoms with Crippen molar-refractivity contribution in [3.63, 3.8) is 0 Å². The number of hydrogen-bond acceptors (Lipinski definition) is 8. The summed E-state index contributed by atoms with van der Waals surface area (Å²) in [5.74, 6) is -2.06. The molecule has 0 bridgehead atoms. The van der Waals surface area contributed by atoms with Crippen LogP contribution in [0.3, 0.4) is 0 Å². The van der Waals surface area contributed by atoms with Crippen molar-refractivity contribution in [1.29, 1.82) is 5.26 Å². The number of carbonyl (C=O) groups is 2. The summed E-state index contributed by atoms with van der Waals surface area (Å²) in [6, 6.07) is 12.9. The molecule has 0 atom stereocenters. The summed E-state index contributed by atoms with van der Waals surface area (Å²) in [6.45, 7) is 10.3. The summed E-state index contributed by atoms with van der Waals surface area (Å²) in [5.41, 5.74) is 3.32. The van der Waals surface area contributed by atoms with Crippen molar-refractivity contribution in [2.24, 2.45) is 5.41 Å². The number of carbonyl (C=O) groups excluding carboxylic acids is 2. The zero-order valence-electron chi connectivity index (χ0n) is 27.5. The lowest BCUT2D eigenvalue weighted by Crippen LogP contribution is -2.52. The van der Waals surface area contributed by atoms with Crippen molar-refractivity contribution < 1.29 is 32.6 Å². The van der Waals surface area contributed by atoms with Crippen molar-refractivity contribution in [3.8, 4) is 11.8 Å². The maximum Gasteiger partial charge on any atom is 0.419 e. The Morgan fingerprint density at radius 1 is 1.09 bits per heavy atom. The van der Waals surface area contributed by atoms with E-state index < -0.39 is 17.6 Å². The molecule has 1 aromatic heterocycles. The zero-order valence-corrected chi connectivity index (χ0v) is 27.5. The van der Waals surface area contributed by atoms with Crippen molar-refractivity contribution in [2.45, 2.75) is 77.9 Å². The van der Waals surface area contributed by atoms with Gasteiger partial charge in [-0.25, -0.2) is 18.4 Å². The molecule has 0 unspecified atom stereocenters. The molecule has 1 aliphatic heterocycles. The minimum absolute atomic E-state index is 0.0324. The van der Waals surface area contributed by atoms with Gasteiger partial charge in [-0.2, -0.15) is 5.26 Å². The largest absolute Gasteiger partial charge is 0.496 e. The predicted octanol–water partition coefficient (Wildman–Crippen LogP) is 7.55. The molecule has 0 radical (unpaired) electrons. The lowest BCUT2D eigenvalue weighted by molar-refractivity contribution is -0.178. The molecule has 9 nitrogen and oxygen atoms in total. The zero-order chi connectivity index (χ0) is 33.7. The van der Waals surface area contributed by atoms with Gasteiger partial charge >= 0.3 is 12.1 Å². The molecule has 5 rings (SSSR count). The Morgan fingerprint density at radius 2 is 1.78 bits per heavy atom. The number of anilines is 1. The number of methoxy groups -OCH3 is 2. The van der Waals surface area contributed by atoms with Gasteiger partial charge in [-0.15, -0.1) is 0 Å². The number of nitriles is 1. The van der Waals surface area contributed by atoms with Crippen LogP contribution in [0.1, 0.15) is 74.4 Å². The number of esters is 1. The fraction of sp³-hybridized carbons (Fsp3) is 0.514. The van der Waals surface area contributed by atoms with Crippen LogP contribution in [0.15, 0.2) is 42.6 Å². The van der Waals surface area contributed by atoms with E-state index in [1.54, 1.807) is 36.1 Å². The van der Waals surface area contributed by atoms with E-state index in [1.165, 1.54) is 7.11 Å². The number of hydrogen-bond donors (Lipinski definition) is 1. The second kappa shape index (κ2) is 14.1. The van der Waals surface area contributed by atoms with Crippen LogP contribution < -0.4 is 10.1 Å². The first-order valence-corrected chi connectivity index (χ1v) is 15.5. The number of aromatic nitrogens is 1. The third kappa shape index (κ3) is 8.35. The first kappa shape index (κ1) is 34.7. The molecule has 3 aromatic rings. The van der Waals surface area contributed by atoms with Crippen LogP contribution in [0, 0.1) is 23.7 Å². The smallest absolute Gasteiger partial charge is 0.419 e. The van der Waals surface area contributed by atoms with E-state index in [0.29, 0.717) is 25.1 Å². The van der Waals surface area contributed by atoms with Crippen LogP contribution in [0.2, 0.25) is 0 Å². The van der Waals surface area contributed by atoms with Gasteiger partial charge in [-0.1, -0.05) is 6.07 Å². The highest BCUT2D eigenvalue weighted by molar-refractivity contribution is 5.95. The molecule has 1 saturated heterocycles. The van der Waals surface area contributed by atoms with Crippen LogP contribution in [-0.4, -0.2) is 66.9 Å². The molecule has 2 aromatic carbocycles. The quantitative estimate of drug-likeness (QED) is 0.209. The average molecular weight is 639 g/mol. The molecule has 11 heteroatoms. The first-order valence-electron chi connectivity index (χ1n) is 15.5. The van der Waals surface area contributed by atoms with E-state index in [2.05, 4.69) is 15.0 Å². The molecule has 1 aliphatic carbocycles. The van der Waals surface area contributed by atoms with Gasteiger partial charge in [0.05, 0.1) is 37.8 Å². The number of nitrogens with one attached hydrogen (secondary N) is 1. The van der Waals surface area contributed by atoms with Gasteiger partial charge in [0.25, 0.3) is 0 Å². The number of alkyl halides is 2. The molecule has 1 saturated carbocycles. The molecule has 1 N–H and O–H groups in total. The highest BCUT2D eigenvalue weighted by Crippen LogP contribution is 2.57. The number of piperidine rings is 1. The molecule has 1 spiro atoms. The SMILES string of the molecule is COC(=O)c1cccc(NCCC#N)c1.COc1cc(C)c2c(ccn2C(=O)OC(C)(C)C)c1CN1CCC2(CC1)CC(F)(F)C2. The van der Waals surface area contributed by atoms with E-state index in [-0.39, 0.29) is 24.2 Å². The van der Waals surface area contributed by atoms with Crippen LogP contribution in [0.4, 0.5) is 19.3 Å². The highest BCUT2D eigenvalue weighted by Gasteiger charge is 2.56. The fourth-order valence-electron chi connectivity index (χ4n) is 6.32. The number of likely N-dealkylation sites (tertiary alicyclic amines) is 1. The maximum absolute atomic E-state index is 13.4. The van der Waals surface area contributed by atoms with Crippen molar-refractivity contribution in [1.82, 2.24) is 9.47 Å². The lowest BCUT2D eigenvalue weighted by atomic mass is 9.61. The van der Waals surface area contributed by atoms with E-state index in [9.17, 15) is 18.4 Å². The number of benzene rings is 2. The Kier molecular flexibility index (Phi) is 10.6. The predicted molar refractivity (Wildman–Crippen MR) is 172 cm³/mol. The molecule has 2 heterocycles. The van der Waals surface area contributed by atoms with Crippen LogP contribution >= 0.6 is 0 Å².